The van der Waals surface area contributed by atoms with Crippen molar-refractivity contribution in [2.75, 3.05) is 39.3 Å². The standard InChI is InChI=1S/C21H32N2O2/c1-18(23-15-3-2-4-16-23)21(24)19-8-10-20(11-9-19)25-17-7-14-22-12-5-6-13-22/h8-11,18H,2-7,12-17H2,1H3. The Labute approximate surface area is 152 Å². The molecule has 2 aliphatic rings. The Balaban J connectivity index is 1.43. The van der Waals surface area contributed by atoms with Crippen molar-refractivity contribution in [2.24, 2.45) is 0 Å². The van der Waals surface area contributed by atoms with E-state index in [4.69, 9.17) is 4.74 Å². The minimum absolute atomic E-state index is 0.0208. The van der Waals surface area contributed by atoms with Gasteiger partial charge >= 0.3 is 0 Å². The average molecular weight is 344 g/mol. The lowest BCUT2D eigenvalue weighted by Gasteiger charge is -2.31. The zero-order valence-electron chi connectivity index (χ0n) is 15.6. The lowest BCUT2D eigenvalue weighted by molar-refractivity contribution is 0.0809. The highest BCUT2D eigenvalue weighted by atomic mass is 16.5. The fourth-order valence-corrected chi connectivity index (χ4v) is 3.91. The van der Waals surface area contributed by atoms with Crippen molar-refractivity contribution in [1.29, 1.82) is 0 Å². The van der Waals surface area contributed by atoms with Gasteiger partial charge in [-0.25, -0.2) is 0 Å². The number of hydrogen-bond acceptors (Lipinski definition) is 4. The summed E-state index contributed by atoms with van der Waals surface area (Å²) in [4.78, 5) is 17.5. The van der Waals surface area contributed by atoms with Gasteiger partial charge in [-0.3, -0.25) is 9.69 Å². The molecule has 2 saturated heterocycles. The van der Waals surface area contributed by atoms with Gasteiger partial charge in [0.1, 0.15) is 5.75 Å². The van der Waals surface area contributed by atoms with Crippen LogP contribution in [-0.2, 0) is 0 Å². The molecule has 4 heteroatoms. The number of ether oxygens (including phenoxy) is 1. The van der Waals surface area contributed by atoms with Gasteiger partial charge in [0.15, 0.2) is 5.78 Å². The van der Waals surface area contributed by atoms with Crippen molar-refractivity contribution in [3.63, 3.8) is 0 Å². The molecule has 0 spiro atoms. The molecule has 0 aliphatic carbocycles. The van der Waals surface area contributed by atoms with E-state index in [1.165, 1.54) is 45.2 Å². The van der Waals surface area contributed by atoms with E-state index in [0.717, 1.165) is 44.0 Å². The molecule has 138 valence electrons. The molecular weight excluding hydrogens is 312 g/mol. The van der Waals surface area contributed by atoms with Crippen LogP contribution in [-0.4, -0.2) is 61.0 Å². The number of rotatable bonds is 8. The summed E-state index contributed by atoms with van der Waals surface area (Å²) in [5.74, 6) is 1.09. The lowest BCUT2D eigenvalue weighted by Crippen LogP contribution is -2.42. The number of piperidine rings is 1. The van der Waals surface area contributed by atoms with Crippen molar-refractivity contribution < 1.29 is 9.53 Å². The fraction of sp³-hybridized carbons (Fsp3) is 0.667. The first-order valence-electron chi connectivity index (χ1n) is 9.97. The van der Waals surface area contributed by atoms with E-state index in [9.17, 15) is 4.79 Å². The molecule has 4 nitrogen and oxygen atoms in total. The zero-order valence-corrected chi connectivity index (χ0v) is 15.6. The van der Waals surface area contributed by atoms with Gasteiger partial charge in [-0.1, -0.05) is 6.42 Å². The maximum Gasteiger partial charge on any atom is 0.179 e. The Morgan fingerprint density at radius 3 is 2.32 bits per heavy atom. The quantitative estimate of drug-likeness (QED) is 0.533. The maximum absolute atomic E-state index is 12.7. The van der Waals surface area contributed by atoms with E-state index < -0.39 is 0 Å². The van der Waals surface area contributed by atoms with Gasteiger partial charge in [0.2, 0.25) is 0 Å². The smallest absolute Gasteiger partial charge is 0.179 e. The summed E-state index contributed by atoms with van der Waals surface area (Å²) >= 11 is 0. The molecule has 0 aromatic heterocycles. The number of carbonyl (C=O) groups is 1. The number of ketones is 1. The molecule has 0 saturated carbocycles. The van der Waals surface area contributed by atoms with Crippen LogP contribution in [0.15, 0.2) is 24.3 Å². The summed E-state index contributed by atoms with van der Waals surface area (Å²) in [7, 11) is 0. The highest BCUT2D eigenvalue weighted by Gasteiger charge is 2.23. The Morgan fingerprint density at radius 2 is 1.64 bits per heavy atom. The monoisotopic (exact) mass is 344 g/mol. The van der Waals surface area contributed by atoms with Crippen molar-refractivity contribution in [2.45, 2.75) is 51.5 Å². The Hall–Kier alpha value is -1.39. The summed E-state index contributed by atoms with van der Waals surface area (Å²) < 4.78 is 5.83. The van der Waals surface area contributed by atoms with Gasteiger partial charge in [-0.15, -0.1) is 0 Å². The molecule has 0 amide bonds. The van der Waals surface area contributed by atoms with Crippen LogP contribution in [0.25, 0.3) is 0 Å². The molecule has 1 aromatic rings. The summed E-state index contributed by atoms with van der Waals surface area (Å²) in [6.45, 7) is 8.49. The van der Waals surface area contributed by atoms with Crippen LogP contribution in [0.4, 0.5) is 0 Å². The zero-order chi connectivity index (χ0) is 17.5. The largest absolute Gasteiger partial charge is 0.494 e. The van der Waals surface area contributed by atoms with Gasteiger partial charge in [0.05, 0.1) is 12.6 Å². The highest BCUT2D eigenvalue weighted by molar-refractivity contribution is 5.99. The molecule has 0 radical (unpaired) electrons. The number of carbonyl (C=O) groups excluding carboxylic acids is 1. The SMILES string of the molecule is CC(C(=O)c1ccc(OCCCN2CCCC2)cc1)N1CCCCC1. The number of benzene rings is 1. The van der Waals surface area contributed by atoms with E-state index in [1.807, 2.05) is 31.2 Å². The second-order valence-corrected chi connectivity index (χ2v) is 7.41. The molecule has 1 unspecified atom stereocenters. The van der Waals surface area contributed by atoms with E-state index in [1.54, 1.807) is 0 Å². The van der Waals surface area contributed by atoms with E-state index >= 15 is 0 Å². The van der Waals surface area contributed by atoms with Crippen molar-refractivity contribution >= 4 is 5.78 Å². The minimum Gasteiger partial charge on any atom is -0.494 e. The highest BCUT2D eigenvalue weighted by Crippen LogP contribution is 2.18. The third kappa shape index (κ3) is 5.29. The molecule has 0 N–H and O–H groups in total. The predicted molar refractivity (Wildman–Crippen MR) is 101 cm³/mol. The van der Waals surface area contributed by atoms with Crippen LogP contribution in [0.3, 0.4) is 0 Å². The molecule has 0 bridgehead atoms. The summed E-state index contributed by atoms with van der Waals surface area (Å²) in [6, 6.07) is 7.68. The number of likely N-dealkylation sites (tertiary alicyclic amines) is 2. The summed E-state index contributed by atoms with van der Waals surface area (Å²) in [5.41, 5.74) is 0.794. The molecule has 3 rings (SSSR count). The molecule has 2 fully saturated rings. The average Bonchev–Trinajstić information content (AvgIpc) is 3.19. The fourth-order valence-electron chi connectivity index (χ4n) is 3.91. The van der Waals surface area contributed by atoms with E-state index in [0.29, 0.717) is 0 Å². The van der Waals surface area contributed by atoms with Crippen LogP contribution in [0.2, 0.25) is 0 Å². The Morgan fingerprint density at radius 1 is 1.00 bits per heavy atom. The van der Waals surface area contributed by atoms with Crippen LogP contribution in [0.1, 0.15) is 55.8 Å². The summed E-state index contributed by atoms with van der Waals surface area (Å²) in [5, 5.41) is 0. The van der Waals surface area contributed by atoms with Gasteiger partial charge in [-0.2, -0.15) is 0 Å². The van der Waals surface area contributed by atoms with Crippen molar-refractivity contribution in [3.8, 4) is 5.75 Å². The Bertz CT molecular complexity index is 531. The number of nitrogens with zero attached hydrogens (tertiary/aromatic N) is 2. The molecule has 2 aliphatic heterocycles. The van der Waals surface area contributed by atoms with Gasteiger partial charge < -0.3 is 9.64 Å². The predicted octanol–water partition coefficient (Wildman–Crippen LogP) is 3.61. The van der Waals surface area contributed by atoms with Gasteiger partial charge in [-0.05, 0) is 89.5 Å². The Kier molecular flexibility index (Phi) is 6.88. The molecule has 25 heavy (non-hydrogen) atoms. The first kappa shape index (κ1) is 18.4. The van der Waals surface area contributed by atoms with Gasteiger partial charge in [0.25, 0.3) is 0 Å². The maximum atomic E-state index is 12.7. The summed E-state index contributed by atoms with van der Waals surface area (Å²) in [6.07, 6.45) is 7.45. The minimum atomic E-state index is -0.0208. The van der Waals surface area contributed by atoms with Crippen LogP contribution >= 0.6 is 0 Å². The van der Waals surface area contributed by atoms with Crippen LogP contribution in [0.5, 0.6) is 5.75 Å². The topological polar surface area (TPSA) is 32.8 Å². The second-order valence-electron chi connectivity index (χ2n) is 7.41. The number of hydrogen-bond donors (Lipinski definition) is 0. The van der Waals surface area contributed by atoms with Crippen LogP contribution < -0.4 is 4.74 Å². The van der Waals surface area contributed by atoms with Crippen molar-refractivity contribution in [1.82, 2.24) is 9.80 Å². The normalized spacial score (nSPS) is 20.5. The van der Waals surface area contributed by atoms with Crippen molar-refractivity contribution in [3.05, 3.63) is 29.8 Å². The van der Waals surface area contributed by atoms with Gasteiger partial charge in [0, 0.05) is 12.1 Å². The molecule has 1 atom stereocenters. The third-order valence-corrected chi connectivity index (χ3v) is 5.54. The molecular formula is C21H32N2O2. The first-order valence-corrected chi connectivity index (χ1v) is 9.97. The molecule has 1 aromatic carbocycles. The van der Waals surface area contributed by atoms with E-state index in [-0.39, 0.29) is 11.8 Å². The third-order valence-electron chi connectivity index (χ3n) is 5.54. The molecule has 2 heterocycles. The first-order chi connectivity index (χ1) is 12.2. The lowest BCUT2D eigenvalue weighted by atomic mass is 10.0. The number of Topliss-reactive ketones (excluding diaryl/α,β-unsaturated/α-hetero) is 1. The van der Waals surface area contributed by atoms with E-state index in [2.05, 4.69) is 9.80 Å². The van der Waals surface area contributed by atoms with Crippen LogP contribution in [0, 0.1) is 0 Å². The second kappa shape index (κ2) is 9.35.